The van der Waals surface area contributed by atoms with Crippen LogP contribution in [0.3, 0.4) is 0 Å². The zero-order valence-corrected chi connectivity index (χ0v) is 11.2. The normalized spacial score (nSPS) is 51.0. The maximum Gasteiger partial charge on any atom is 0.0675 e. The van der Waals surface area contributed by atoms with Crippen LogP contribution in [-0.2, 0) is 4.74 Å². The van der Waals surface area contributed by atoms with E-state index in [1.807, 2.05) is 0 Å². The van der Waals surface area contributed by atoms with Crippen molar-refractivity contribution in [2.45, 2.75) is 57.2 Å². The quantitative estimate of drug-likeness (QED) is 0.794. The highest BCUT2D eigenvalue weighted by atomic mass is 16.5. The monoisotopic (exact) mass is 238 g/mol. The van der Waals surface area contributed by atoms with Crippen LogP contribution in [0.4, 0.5) is 0 Å². The molecule has 1 aliphatic heterocycles. The summed E-state index contributed by atoms with van der Waals surface area (Å²) in [4.78, 5) is 2.70. The van der Waals surface area contributed by atoms with Gasteiger partial charge >= 0.3 is 0 Å². The summed E-state index contributed by atoms with van der Waals surface area (Å²) in [5.74, 6) is 1.80. The second-order valence-corrected chi connectivity index (χ2v) is 6.53. The number of nitrogens with zero attached hydrogens (tertiary/aromatic N) is 1. The average Bonchev–Trinajstić information content (AvgIpc) is 2.92. The zero-order valence-electron chi connectivity index (χ0n) is 11.2. The molecule has 3 rings (SSSR count). The highest BCUT2D eigenvalue weighted by Gasteiger charge is 2.54. The Morgan fingerprint density at radius 3 is 2.76 bits per heavy atom. The molecule has 0 aromatic carbocycles. The smallest absolute Gasteiger partial charge is 0.0675 e. The number of ether oxygens (including phenoxy) is 1. The molecule has 17 heavy (non-hydrogen) atoms. The second-order valence-electron chi connectivity index (χ2n) is 6.53. The van der Waals surface area contributed by atoms with E-state index < -0.39 is 0 Å². The molecule has 1 saturated heterocycles. The van der Waals surface area contributed by atoms with Gasteiger partial charge in [-0.15, -0.1) is 0 Å². The highest BCUT2D eigenvalue weighted by molar-refractivity contribution is 5.09. The summed E-state index contributed by atoms with van der Waals surface area (Å²) < 4.78 is 5.77. The Morgan fingerprint density at radius 1 is 1.35 bits per heavy atom. The third kappa shape index (κ3) is 1.74. The standard InChI is InChI=1S/C14H26N2O/c1-10-8-17-11(2)7-16(10)14(9-15)6-12-3-4-13(14)5-12/h10-13H,3-9,15H2,1-2H3. The summed E-state index contributed by atoms with van der Waals surface area (Å²) >= 11 is 0. The van der Waals surface area contributed by atoms with Crippen molar-refractivity contribution < 1.29 is 4.74 Å². The molecule has 2 aliphatic carbocycles. The molecule has 98 valence electrons. The Balaban J connectivity index is 1.84. The number of morpholine rings is 1. The van der Waals surface area contributed by atoms with E-state index in [4.69, 9.17) is 10.5 Å². The summed E-state index contributed by atoms with van der Waals surface area (Å²) in [7, 11) is 0. The summed E-state index contributed by atoms with van der Waals surface area (Å²) in [6, 6.07) is 0.536. The number of nitrogens with two attached hydrogens (primary N) is 1. The van der Waals surface area contributed by atoms with Crippen molar-refractivity contribution in [1.29, 1.82) is 0 Å². The van der Waals surface area contributed by atoms with Gasteiger partial charge in [0.05, 0.1) is 12.7 Å². The fraction of sp³-hybridized carbons (Fsp3) is 1.00. The van der Waals surface area contributed by atoms with Crippen LogP contribution >= 0.6 is 0 Å². The summed E-state index contributed by atoms with van der Waals surface area (Å²) in [6.07, 6.45) is 5.98. The molecular formula is C14H26N2O. The van der Waals surface area contributed by atoms with Crippen molar-refractivity contribution >= 4 is 0 Å². The predicted molar refractivity (Wildman–Crippen MR) is 68.8 cm³/mol. The van der Waals surface area contributed by atoms with E-state index in [-0.39, 0.29) is 0 Å². The predicted octanol–water partition coefficient (Wildman–Crippen LogP) is 1.61. The average molecular weight is 238 g/mol. The minimum absolute atomic E-state index is 0.306. The molecule has 3 heteroatoms. The first-order chi connectivity index (χ1) is 8.15. The maximum atomic E-state index is 6.21. The van der Waals surface area contributed by atoms with Crippen molar-refractivity contribution in [3.63, 3.8) is 0 Å². The number of hydrogen-bond donors (Lipinski definition) is 1. The van der Waals surface area contributed by atoms with Crippen LogP contribution in [0.25, 0.3) is 0 Å². The van der Waals surface area contributed by atoms with Gasteiger partial charge in [-0.3, -0.25) is 4.90 Å². The Hall–Kier alpha value is -0.120. The molecule has 3 fully saturated rings. The Labute approximate surface area is 105 Å². The molecule has 0 amide bonds. The van der Waals surface area contributed by atoms with Gasteiger partial charge in [0.15, 0.2) is 0 Å². The van der Waals surface area contributed by atoms with Crippen molar-refractivity contribution in [2.75, 3.05) is 19.7 Å². The molecule has 0 spiro atoms. The maximum absolute atomic E-state index is 6.21. The number of hydrogen-bond acceptors (Lipinski definition) is 3. The topological polar surface area (TPSA) is 38.5 Å². The lowest BCUT2D eigenvalue weighted by Gasteiger charge is -2.52. The van der Waals surface area contributed by atoms with Gasteiger partial charge in [0.2, 0.25) is 0 Å². The minimum atomic E-state index is 0.306. The first kappa shape index (κ1) is 11.9. The van der Waals surface area contributed by atoms with Crippen molar-refractivity contribution in [1.82, 2.24) is 4.90 Å². The Bertz CT molecular complexity index is 296. The lowest BCUT2D eigenvalue weighted by atomic mass is 9.78. The first-order valence-corrected chi connectivity index (χ1v) is 7.24. The van der Waals surface area contributed by atoms with Crippen LogP contribution < -0.4 is 5.73 Å². The fourth-order valence-electron chi connectivity index (χ4n) is 4.66. The molecular weight excluding hydrogens is 212 g/mol. The van der Waals surface area contributed by atoms with Gasteiger partial charge in [-0.25, -0.2) is 0 Å². The lowest BCUT2D eigenvalue weighted by molar-refractivity contribution is -0.107. The third-order valence-electron chi connectivity index (χ3n) is 5.48. The Kier molecular flexibility index (Phi) is 2.96. The largest absolute Gasteiger partial charge is 0.376 e. The summed E-state index contributed by atoms with van der Waals surface area (Å²) in [5, 5.41) is 0. The van der Waals surface area contributed by atoms with Crippen molar-refractivity contribution in [2.24, 2.45) is 17.6 Å². The van der Waals surface area contributed by atoms with Gasteiger partial charge in [-0.2, -0.15) is 0 Å². The molecule has 2 saturated carbocycles. The third-order valence-corrected chi connectivity index (χ3v) is 5.48. The van der Waals surface area contributed by atoms with Crippen LogP contribution in [-0.4, -0.2) is 42.3 Å². The van der Waals surface area contributed by atoms with Gasteiger partial charge in [0.1, 0.15) is 0 Å². The van der Waals surface area contributed by atoms with E-state index in [2.05, 4.69) is 18.7 Å². The molecule has 3 nitrogen and oxygen atoms in total. The molecule has 1 heterocycles. The molecule has 3 aliphatic rings. The van der Waals surface area contributed by atoms with Gasteiger partial charge in [0.25, 0.3) is 0 Å². The molecule has 0 radical (unpaired) electrons. The van der Waals surface area contributed by atoms with Crippen LogP contribution in [0.15, 0.2) is 0 Å². The van der Waals surface area contributed by atoms with E-state index in [9.17, 15) is 0 Å². The van der Waals surface area contributed by atoms with Gasteiger partial charge in [-0.1, -0.05) is 6.42 Å². The summed E-state index contributed by atoms with van der Waals surface area (Å²) in [6.45, 7) is 7.28. The van der Waals surface area contributed by atoms with E-state index >= 15 is 0 Å². The molecule has 0 aromatic heterocycles. The molecule has 2 bridgehead atoms. The van der Waals surface area contributed by atoms with Crippen molar-refractivity contribution in [3.05, 3.63) is 0 Å². The highest BCUT2D eigenvalue weighted by Crippen LogP contribution is 2.53. The molecule has 5 atom stereocenters. The number of fused-ring (bicyclic) bond motifs is 2. The number of rotatable bonds is 2. The zero-order chi connectivity index (χ0) is 12.0. The van der Waals surface area contributed by atoms with Crippen LogP contribution in [0.1, 0.15) is 39.5 Å². The minimum Gasteiger partial charge on any atom is -0.376 e. The lowest BCUT2D eigenvalue weighted by Crippen LogP contribution is -2.64. The molecule has 2 N–H and O–H groups in total. The van der Waals surface area contributed by atoms with Crippen molar-refractivity contribution in [3.8, 4) is 0 Å². The van der Waals surface area contributed by atoms with E-state index in [1.165, 1.54) is 25.7 Å². The van der Waals surface area contributed by atoms with Crippen LogP contribution in [0.5, 0.6) is 0 Å². The van der Waals surface area contributed by atoms with E-state index in [1.54, 1.807) is 0 Å². The fourth-order valence-corrected chi connectivity index (χ4v) is 4.66. The van der Waals surface area contributed by atoms with Gasteiger partial charge in [0, 0.05) is 24.7 Å². The second kappa shape index (κ2) is 4.22. The first-order valence-electron chi connectivity index (χ1n) is 7.24. The van der Waals surface area contributed by atoms with E-state index in [0.29, 0.717) is 17.7 Å². The Morgan fingerprint density at radius 2 is 2.18 bits per heavy atom. The van der Waals surface area contributed by atoms with Gasteiger partial charge < -0.3 is 10.5 Å². The molecule has 5 unspecified atom stereocenters. The molecule has 0 aromatic rings. The SMILES string of the molecule is CC1CN(C2(CN)CC3CCC2C3)C(C)CO1. The summed E-state index contributed by atoms with van der Waals surface area (Å²) in [5.41, 5.74) is 6.52. The van der Waals surface area contributed by atoms with Gasteiger partial charge in [-0.05, 0) is 44.9 Å². The van der Waals surface area contributed by atoms with E-state index in [0.717, 1.165) is 31.5 Å². The van der Waals surface area contributed by atoms with Crippen LogP contribution in [0.2, 0.25) is 0 Å². The van der Waals surface area contributed by atoms with Crippen LogP contribution in [0, 0.1) is 11.8 Å².